The van der Waals surface area contributed by atoms with Gasteiger partial charge in [0.1, 0.15) is 0 Å². The Morgan fingerprint density at radius 2 is 1.68 bits per heavy atom. The van der Waals surface area contributed by atoms with Crippen LogP contribution in [-0.4, -0.2) is 43.5 Å². The summed E-state index contributed by atoms with van der Waals surface area (Å²) in [6.45, 7) is 15.4. The third-order valence-electron chi connectivity index (χ3n) is 4.16. The van der Waals surface area contributed by atoms with Gasteiger partial charge in [-0.25, -0.2) is 0 Å². The van der Waals surface area contributed by atoms with E-state index in [4.69, 9.17) is 0 Å². The van der Waals surface area contributed by atoms with Gasteiger partial charge in [0.15, 0.2) is 0 Å². The first-order valence-corrected chi connectivity index (χ1v) is 8.43. The van der Waals surface area contributed by atoms with Crippen molar-refractivity contribution >= 4 is 17.3 Å². The highest BCUT2D eigenvalue weighted by molar-refractivity contribution is 5.91. The molecule has 1 N–H and O–H groups in total. The Kier molecular flexibility index (Phi) is 7.96. The summed E-state index contributed by atoms with van der Waals surface area (Å²) >= 11 is 0. The summed E-state index contributed by atoms with van der Waals surface area (Å²) in [7, 11) is 0. The molecule has 1 aromatic rings. The maximum atomic E-state index is 12.1. The van der Waals surface area contributed by atoms with E-state index >= 15 is 0 Å². The molecule has 0 fully saturated rings. The zero-order valence-electron chi connectivity index (χ0n) is 14.8. The highest BCUT2D eigenvalue weighted by Gasteiger charge is 2.09. The van der Waals surface area contributed by atoms with Crippen LogP contribution in [0.1, 0.15) is 39.7 Å². The van der Waals surface area contributed by atoms with Crippen molar-refractivity contribution in [2.45, 2.75) is 41.0 Å². The second-order valence-corrected chi connectivity index (χ2v) is 5.50. The van der Waals surface area contributed by atoms with Crippen molar-refractivity contribution < 1.29 is 4.79 Å². The largest absolute Gasteiger partial charge is 0.372 e. The smallest absolute Gasteiger partial charge is 0.225 e. The average molecular weight is 305 g/mol. The normalized spacial score (nSPS) is 10.8. The van der Waals surface area contributed by atoms with Crippen LogP contribution in [-0.2, 0) is 4.79 Å². The molecule has 22 heavy (non-hydrogen) atoms. The number of hydrogen-bond donors (Lipinski definition) is 1. The van der Waals surface area contributed by atoms with Crippen LogP contribution >= 0.6 is 0 Å². The van der Waals surface area contributed by atoms with Gasteiger partial charge in [0.25, 0.3) is 0 Å². The van der Waals surface area contributed by atoms with Gasteiger partial charge in [0.2, 0.25) is 5.91 Å². The number of hydrogen-bond acceptors (Lipinski definition) is 3. The van der Waals surface area contributed by atoms with Gasteiger partial charge < -0.3 is 15.1 Å². The number of carbonyl (C=O) groups excluding carboxylic acids is 1. The lowest BCUT2D eigenvalue weighted by Crippen LogP contribution is -2.27. The van der Waals surface area contributed by atoms with Crippen molar-refractivity contribution in [3.63, 3.8) is 0 Å². The topological polar surface area (TPSA) is 35.6 Å². The molecule has 1 aromatic carbocycles. The van der Waals surface area contributed by atoms with Gasteiger partial charge in [-0.2, -0.15) is 0 Å². The summed E-state index contributed by atoms with van der Waals surface area (Å²) in [5, 5.41) is 3.03. The van der Waals surface area contributed by atoms with E-state index in [2.05, 4.69) is 54.9 Å². The van der Waals surface area contributed by atoms with Gasteiger partial charge >= 0.3 is 0 Å². The summed E-state index contributed by atoms with van der Waals surface area (Å²) in [6, 6.07) is 6.24. The minimum Gasteiger partial charge on any atom is -0.372 e. The molecule has 0 heterocycles. The lowest BCUT2D eigenvalue weighted by atomic mass is 10.1. The lowest BCUT2D eigenvalue weighted by molar-refractivity contribution is -0.116. The minimum absolute atomic E-state index is 0.0885. The summed E-state index contributed by atoms with van der Waals surface area (Å²) in [5.41, 5.74) is 3.24. The van der Waals surface area contributed by atoms with Crippen LogP contribution in [0.15, 0.2) is 18.2 Å². The monoisotopic (exact) mass is 305 g/mol. The van der Waals surface area contributed by atoms with Gasteiger partial charge in [-0.15, -0.1) is 0 Å². The van der Waals surface area contributed by atoms with Crippen LogP contribution < -0.4 is 10.2 Å². The highest BCUT2D eigenvalue weighted by Crippen LogP contribution is 2.22. The molecule has 0 aliphatic carbocycles. The number of carbonyl (C=O) groups is 1. The molecule has 0 atom stereocenters. The fourth-order valence-electron chi connectivity index (χ4n) is 2.59. The number of aryl methyl sites for hydroxylation is 1. The number of amides is 1. The van der Waals surface area contributed by atoms with Crippen molar-refractivity contribution in [2.75, 3.05) is 42.9 Å². The van der Waals surface area contributed by atoms with E-state index < -0.39 is 0 Å². The Morgan fingerprint density at radius 3 is 2.18 bits per heavy atom. The van der Waals surface area contributed by atoms with Crippen molar-refractivity contribution in [3.05, 3.63) is 23.8 Å². The summed E-state index contributed by atoms with van der Waals surface area (Å²) in [6.07, 6.45) is 0.541. The first-order valence-electron chi connectivity index (χ1n) is 8.43. The molecule has 0 saturated heterocycles. The van der Waals surface area contributed by atoms with Gasteiger partial charge in [-0.1, -0.05) is 13.8 Å². The Morgan fingerprint density at radius 1 is 1.05 bits per heavy atom. The summed E-state index contributed by atoms with van der Waals surface area (Å²) in [4.78, 5) is 16.6. The highest BCUT2D eigenvalue weighted by atomic mass is 16.1. The molecule has 0 radical (unpaired) electrons. The fourth-order valence-corrected chi connectivity index (χ4v) is 2.59. The zero-order valence-corrected chi connectivity index (χ0v) is 14.8. The number of nitrogens with one attached hydrogen (secondary N) is 1. The molecule has 0 saturated carbocycles. The number of rotatable bonds is 9. The van der Waals surface area contributed by atoms with Crippen LogP contribution in [0.4, 0.5) is 11.4 Å². The van der Waals surface area contributed by atoms with Crippen molar-refractivity contribution in [2.24, 2.45) is 0 Å². The minimum atomic E-state index is 0.0885. The van der Waals surface area contributed by atoms with Crippen LogP contribution in [0.5, 0.6) is 0 Å². The molecule has 0 bridgehead atoms. The third-order valence-corrected chi connectivity index (χ3v) is 4.16. The molecule has 0 spiro atoms. The second kappa shape index (κ2) is 9.46. The Balaban J connectivity index is 2.64. The molecule has 1 amide bonds. The Labute approximate surface area is 135 Å². The number of anilines is 2. The van der Waals surface area contributed by atoms with Crippen LogP contribution in [0.3, 0.4) is 0 Å². The van der Waals surface area contributed by atoms with Gasteiger partial charge in [0.05, 0.1) is 0 Å². The van der Waals surface area contributed by atoms with E-state index in [0.717, 1.165) is 44.0 Å². The molecule has 4 nitrogen and oxygen atoms in total. The summed E-state index contributed by atoms with van der Waals surface area (Å²) in [5.74, 6) is 0.0885. The predicted molar refractivity (Wildman–Crippen MR) is 95.8 cm³/mol. The third kappa shape index (κ3) is 5.34. The number of nitrogens with zero attached hydrogens (tertiary/aromatic N) is 2. The molecule has 124 valence electrons. The molecule has 0 unspecified atom stereocenters. The van der Waals surface area contributed by atoms with Crippen molar-refractivity contribution in [1.82, 2.24) is 4.90 Å². The Bertz CT molecular complexity index is 465. The molecule has 4 heteroatoms. The SMILES string of the molecule is CCN(CC)CCC(=O)Nc1ccc(N(CC)CC)cc1C. The standard InChI is InChI=1S/C18H31N3O/c1-6-20(7-2)13-12-18(22)19-17-11-10-16(14-15(17)5)21(8-3)9-4/h10-11,14H,6-9,12-13H2,1-5H3,(H,19,22). The quantitative estimate of drug-likeness (QED) is 0.758. The van der Waals surface area contributed by atoms with Crippen molar-refractivity contribution in [1.29, 1.82) is 0 Å². The van der Waals surface area contributed by atoms with E-state index in [-0.39, 0.29) is 5.91 Å². The molecular formula is C18H31N3O. The van der Waals surface area contributed by atoms with Crippen LogP contribution in [0, 0.1) is 6.92 Å². The molecule has 0 aliphatic heterocycles. The first-order chi connectivity index (χ1) is 10.5. The van der Waals surface area contributed by atoms with Gasteiger partial charge in [0, 0.05) is 37.4 Å². The van der Waals surface area contributed by atoms with Crippen LogP contribution in [0.25, 0.3) is 0 Å². The summed E-state index contributed by atoms with van der Waals surface area (Å²) < 4.78 is 0. The van der Waals surface area contributed by atoms with E-state index in [1.165, 1.54) is 5.69 Å². The molecular weight excluding hydrogens is 274 g/mol. The molecule has 1 rings (SSSR count). The first kappa shape index (κ1) is 18.5. The zero-order chi connectivity index (χ0) is 16.5. The fraction of sp³-hybridized carbons (Fsp3) is 0.611. The lowest BCUT2D eigenvalue weighted by Gasteiger charge is -2.22. The van der Waals surface area contributed by atoms with Gasteiger partial charge in [-0.3, -0.25) is 4.79 Å². The Hall–Kier alpha value is -1.55. The van der Waals surface area contributed by atoms with Crippen LogP contribution in [0.2, 0.25) is 0 Å². The van der Waals surface area contributed by atoms with E-state index in [1.54, 1.807) is 0 Å². The van der Waals surface area contributed by atoms with Gasteiger partial charge in [-0.05, 0) is 57.6 Å². The number of benzene rings is 1. The predicted octanol–water partition coefficient (Wildman–Crippen LogP) is 3.51. The van der Waals surface area contributed by atoms with Crippen molar-refractivity contribution in [3.8, 4) is 0 Å². The average Bonchev–Trinajstić information content (AvgIpc) is 2.52. The molecule has 0 aromatic heterocycles. The maximum Gasteiger partial charge on any atom is 0.225 e. The maximum absolute atomic E-state index is 12.1. The van der Waals surface area contributed by atoms with E-state index in [1.807, 2.05) is 13.0 Å². The van der Waals surface area contributed by atoms with E-state index in [0.29, 0.717) is 6.42 Å². The second-order valence-electron chi connectivity index (χ2n) is 5.50. The van der Waals surface area contributed by atoms with E-state index in [9.17, 15) is 4.79 Å². The molecule has 0 aliphatic rings.